The minimum Gasteiger partial charge on any atom is -0.486 e. The first-order valence-corrected chi connectivity index (χ1v) is 14.9. The van der Waals surface area contributed by atoms with Crippen LogP contribution in [0.25, 0.3) is 33.6 Å². The first-order valence-electron chi connectivity index (χ1n) is 14.9. The molecule has 234 valence electrons. The number of nitrogens with zero attached hydrogens (tertiary/aromatic N) is 7. The smallest absolute Gasteiger partial charge is 0.405 e. The number of aromatic nitrogens is 6. The first kappa shape index (κ1) is 28.7. The maximum atomic E-state index is 14.8. The lowest BCUT2D eigenvalue weighted by molar-refractivity contribution is 0.0712. The van der Waals surface area contributed by atoms with Crippen molar-refractivity contribution < 1.29 is 28.2 Å². The molecule has 7 rings (SSSR count). The molecule has 0 bridgehead atoms. The Labute approximate surface area is 256 Å². The number of ether oxygens (including phenoxy) is 1. The average Bonchev–Trinajstić information content (AvgIpc) is 3.39. The summed E-state index contributed by atoms with van der Waals surface area (Å²) in [6.07, 6.45) is 4.46. The maximum absolute atomic E-state index is 14.8. The third-order valence-electron chi connectivity index (χ3n) is 8.49. The molecule has 14 heteroatoms. The molecule has 0 radical (unpaired) electrons. The van der Waals surface area contributed by atoms with Gasteiger partial charge < -0.3 is 33.8 Å². The second kappa shape index (κ2) is 11.5. The molecule has 45 heavy (non-hydrogen) atoms. The van der Waals surface area contributed by atoms with Crippen molar-refractivity contribution in [2.75, 3.05) is 26.4 Å². The zero-order chi connectivity index (χ0) is 31.2. The van der Waals surface area contributed by atoms with Gasteiger partial charge in [-0.3, -0.25) is 4.79 Å². The SMILES string of the molecule is Cn1c(-c2cc3cccc(OCC(F)n4ccnc4)c3n2CC2CC2)nc2cc3c(nc21)CCN(C[C@@H](CF)NC(=O)O)C3=O. The average molecular weight is 619 g/mol. The van der Waals surface area contributed by atoms with Crippen molar-refractivity contribution in [2.24, 2.45) is 13.0 Å². The molecule has 1 unspecified atom stereocenters. The molecule has 12 nitrogen and oxygen atoms in total. The van der Waals surface area contributed by atoms with E-state index in [1.807, 2.05) is 35.9 Å². The fourth-order valence-electron chi connectivity index (χ4n) is 6.03. The van der Waals surface area contributed by atoms with E-state index in [-0.39, 0.29) is 19.1 Å². The molecule has 1 aromatic carbocycles. The Bertz CT molecular complexity index is 1900. The van der Waals surface area contributed by atoms with Gasteiger partial charge in [-0.25, -0.2) is 28.5 Å². The summed E-state index contributed by atoms with van der Waals surface area (Å²) in [5.41, 5.74) is 3.87. The van der Waals surface area contributed by atoms with Crippen molar-refractivity contribution in [3.8, 4) is 17.3 Å². The molecule has 5 aromatic rings. The number of pyridine rings is 1. The predicted octanol–water partition coefficient (Wildman–Crippen LogP) is 4.35. The summed E-state index contributed by atoms with van der Waals surface area (Å²) in [7, 11) is 1.89. The van der Waals surface area contributed by atoms with Gasteiger partial charge in [0.05, 0.1) is 34.8 Å². The zero-order valence-electron chi connectivity index (χ0n) is 24.6. The van der Waals surface area contributed by atoms with E-state index in [2.05, 4.69) is 14.9 Å². The number of carbonyl (C=O) groups excluding carboxylic acids is 1. The minimum absolute atomic E-state index is 0.0796. The molecular weight excluding hydrogens is 586 g/mol. The van der Waals surface area contributed by atoms with Crippen LogP contribution in [-0.2, 0) is 20.0 Å². The van der Waals surface area contributed by atoms with E-state index in [0.717, 1.165) is 36.0 Å². The Morgan fingerprint density at radius 2 is 2.09 bits per heavy atom. The third-order valence-corrected chi connectivity index (χ3v) is 8.49. The Morgan fingerprint density at radius 3 is 2.82 bits per heavy atom. The van der Waals surface area contributed by atoms with Crippen LogP contribution in [0.1, 0.15) is 35.2 Å². The van der Waals surface area contributed by atoms with Crippen molar-refractivity contribution in [1.82, 2.24) is 38.9 Å². The highest BCUT2D eigenvalue weighted by Crippen LogP contribution is 2.39. The van der Waals surface area contributed by atoms with E-state index in [1.54, 1.807) is 12.3 Å². The van der Waals surface area contributed by atoms with Crippen molar-refractivity contribution in [1.29, 1.82) is 0 Å². The molecule has 1 fully saturated rings. The number of halogens is 2. The Morgan fingerprint density at radius 1 is 1.24 bits per heavy atom. The molecule has 0 spiro atoms. The number of carboxylic acid groups (broad SMARTS) is 1. The van der Waals surface area contributed by atoms with Gasteiger partial charge in [0.1, 0.15) is 24.5 Å². The van der Waals surface area contributed by atoms with Gasteiger partial charge >= 0.3 is 6.09 Å². The van der Waals surface area contributed by atoms with Crippen molar-refractivity contribution >= 4 is 34.1 Å². The quantitative estimate of drug-likeness (QED) is 0.225. The summed E-state index contributed by atoms with van der Waals surface area (Å²) < 4.78 is 39.8. The van der Waals surface area contributed by atoms with Crippen LogP contribution in [0, 0.1) is 5.92 Å². The van der Waals surface area contributed by atoms with E-state index in [9.17, 15) is 18.4 Å². The van der Waals surface area contributed by atoms with E-state index < -0.39 is 25.1 Å². The number of imidazole rings is 2. The van der Waals surface area contributed by atoms with Crippen molar-refractivity contribution in [3.63, 3.8) is 0 Å². The van der Waals surface area contributed by atoms with Crippen LogP contribution in [0.4, 0.5) is 13.6 Å². The predicted molar refractivity (Wildman–Crippen MR) is 161 cm³/mol. The number of nitrogens with one attached hydrogen (secondary N) is 1. The topological polar surface area (TPSA) is 132 Å². The van der Waals surface area contributed by atoms with Gasteiger partial charge in [0.15, 0.2) is 11.5 Å². The van der Waals surface area contributed by atoms with Crippen LogP contribution in [0.15, 0.2) is 49.1 Å². The van der Waals surface area contributed by atoms with Crippen molar-refractivity contribution in [2.45, 2.75) is 38.1 Å². The Kier molecular flexibility index (Phi) is 7.34. The lowest BCUT2D eigenvalue weighted by Crippen LogP contribution is -2.48. The summed E-state index contributed by atoms with van der Waals surface area (Å²) in [6.45, 7) is -0.134. The Hall–Kier alpha value is -5.01. The highest BCUT2D eigenvalue weighted by atomic mass is 19.1. The minimum atomic E-state index is -1.39. The molecule has 1 saturated carbocycles. The molecule has 2 N–H and O–H groups in total. The highest BCUT2D eigenvalue weighted by molar-refractivity contribution is 5.99. The van der Waals surface area contributed by atoms with Crippen LogP contribution in [0.3, 0.4) is 0 Å². The number of aryl methyl sites for hydroxylation is 1. The second-order valence-corrected chi connectivity index (χ2v) is 11.7. The van der Waals surface area contributed by atoms with E-state index in [4.69, 9.17) is 19.8 Å². The largest absolute Gasteiger partial charge is 0.486 e. The van der Waals surface area contributed by atoms with Crippen LogP contribution in [-0.4, -0.2) is 83.1 Å². The summed E-state index contributed by atoms with van der Waals surface area (Å²) >= 11 is 0. The molecular formula is C31H32F2N8O4. The summed E-state index contributed by atoms with van der Waals surface area (Å²) in [6, 6.07) is 8.47. The normalized spacial score (nSPS) is 16.2. The van der Waals surface area contributed by atoms with E-state index >= 15 is 0 Å². The van der Waals surface area contributed by atoms with Gasteiger partial charge in [-0.1, -0.05) is 12.1 Å². The zero-order valence-corrected chi connectivity index (χ0v) is 24.6. The Balaban J connectivity index is 1.24. The third kappa shape index (κ3) is 5.44. The first-order chi connectivity index (χ1) is 21.8. The van der Waals surface area contributed by atoms with Gasteiger partial charge in [0, 0.05) is 50.9 Å². The number of hydrogen-bond donors (Lipinski definition) is 2. The molecule has 2 aliphatic rings. The lowest BCUT2D eigenvalue weighted by atomic mass is 10.0. The van der Waals surface area contributed by atoms with Gasteiger partial charge in [-0.15, -0.1) is 0 Å². The molecule has 2 amide bonds. The fraction of sp³-hybridized carbons (Fsp3) is 0.387. The molecule has 1 aliphatic heterocycles. The summed E-state index contributed by atoms with van der Waals surface area (Å²) in [5.74, 6) is 1.41. The molecule has 1 aliphatic carbocycles. The van der Waals surface area contributed by atoms with E-state index in [1.165, 1.54) is 22.0 Å². The maximum Gasteiger partial charge on any atom is 0.405 e. The molecule has 5 heterocycles. The number of rotatable bonds is 11. The number of hydrogen-bond acceptors (Lipinski definition) is 6. The molecule has 2 atom stereocenters. The van der Waals surface area contributed by atoms with Gasteiger partial charge in [-0.05, 0) is 37.0 Å². The van der Waals surface area contributed by atoms with Crippen molar-refractivity contribution in [3.05, 3.63) is 60.3 Å². The van der Waals surface area contributed by atoms with Crippen LogP contribution >= 0.6 is 0 Å². The molecule has 4 aromatic heterocycles. The fourth-order valence-corrected chi connectivity index (χ4v) is 6.03. The monoisotopic (exact) mass is 618 g/mol. The second-order valence-electron chi connectivity index (χ2n) is 11.7. The number of amides is 2. The van der Waals surface area contributed by atoms with Gasteiger partial charge in [0.2, 0.25) is 6.30 Å². The highest BCUT2D eigenvalue weighted by Gasteiger charge is 2.31. The van der Waals surface area contributed by atoms with Gasteiger partial charge in [0.25, 0.3) is 5.91 Å². The number of fused-ring (bicyclic) bond motifs is 3. The number of benzene rings is 1. The summed E-state index contributed by atoms with van der Waals surface area (Å²) in [4.78, 5) is 39.5. The van der Waals surface area contributed by atoms with Crippen LogP contribution in [0.2, 0.25) is 0 Å². The number of carbonyl (C=O) groups is 2. The number of alkyl halides is 2. The van der Waals surface area contributed by atoms with Crippen LogP contribution < -0.4 is 10.1 Å². The summed E-state index contributed by atoms with van der Waals surface area (Å²) in [5, 5.41) is 12.1. The molecule has 0 saturated heterocycles. The van der Waals surface area contributed by atoms with Crippen LogP contribution in [0.5, 0.6) is 5.75 Å². The standard InChI is InChI=1S/C31H32F2N8O4/c1-38-28-23(12-21-22(36-28)7-9-39(30(21)42)15-20(13-32)35-31(43)44)37-29(38)24-11-19-3-2-4-25(27(19)41(24)14-18-5-6-18)45-16-26(33)40-10-8-34-17-40/h2-4,8,10-12,17-18,20,26,35H,5-7,9,13-16H2,1H3,(H,43,44)/t20-,26?/m1/s1. The van der Waals surface area contributed by atoms with E-state index in [0.29, 0.717) is 52.9 Å². The number of para-hydroxylation sites is 1. The lowest BCUT2D eigenvalue weighted by Gasteiger charge is -2.30. The van der Waals surface area contributed by atoms with Gasteiger partial charge in [-0.2, -0.15) is 0 Å².